The van der Waals surface area contributed by atoms with E-state index in [1.54, 1.807) is 24.3 Å². The Hall–Kier alpha value is -3.26. The lowest BCUT2D eigenvalue weighted by Crippen LogP contribution is -2.41. The molecule has 190 valence electrons. The van der Waals surface area contributed by atoms with E-state index in [0.29, 0.717) is 28.7 Å². The summed E-state index contributed by atoms with van der Waals surface area (Å²) in [6.07, 6.45) is 4.38. The number of methoxy groups -OCH3 is 1. The summed E-state index contributed by atoms with van der Waals surface area (Å²) in [4.78, 5) is 33.5. The normalized spacial score (nSPS) is 19.2. The second-order valence-corrected chi connectivity index (χ2v) is 9.80. The van der Waals surface area contributed by atoms with Gasteiger partial charge >= 0.3 is 0 Å². The Morgan fingerprint density at radius 1 is 1.03 bits per heavy atom. The van der Waals surface area contributed by atoms with E-state index in [4.69, 9.17) is 4.74 Å². The molecule has 6 nitrogen and oxygen atoms in total. The van der Waals surface area contributed by atoms with E-state index in [1.807, 2.05) is 4.90 Å². The van der Waals surface area contributed by atoms with Gasteiger partial charge in [0.2, 0.25) is 0 Å². The van der Waals surface area contributed by atoms with E-state index in [1.165, 1.54) is 25.3 Å². The van der Waals surface area contributed by atoms with Crippen molar-refractivity contribution in [3.63, 3.8) is 0 Å². The van der Waals surface area contributed by atoms with E-state index in [0.717, 1.165) is 51.7 Å². The highest BCUT2D eigenvalue weighted by molar-refractivity contribution is 6.00. The second kappa shape index (κ2) is 10.4. The summed E-state index contributed by atoms with van der Waals surface area (Å²) in [6, 6.07) is 10.6. The first-order valence-electron chi connectivity index (χ1n) is 12.6. The SMILES string of the molecule is COc1c(F)ccc2[nH]c(C(=O)N3CCCC3CCN3CCC(C(=O)c4ccc(F)cc4)CC3)cc12. The highest BCUT2D eigenvalue weighted by Crippen LogP contribution is 2.31. The Morgan fingerprint density at radius 2 is 1.78 bits per heavy atom. The van der Waals surface area contributed by atoms with Crippen molar-refractivity contribution in [3.05, 3.63) is 65.4 Å². The average molecular weight is 496 g/mol. The lowest BCUT2D eigenvalue weighted by Gasteiger charge is -2.33. The number of aromatic amines is 1. The highest BCUT2D eigenvalue weighted by atomic mass is 19.1. The fourth-order valence-corrected chi connectivity index (χ4v) is 5.63. The van der Waals surface area contributed by atoms with Crippen LogP contribution in [0.2, 0.25) is 0 Å². The van der Waals surface area contributed by atoms with Gasteiger partial charge < -0.3 is 19.5 Å². The van der Waals surface area contributed by atoms with Gasteiger partial charge in [-0.2, -0.15) is 0 Å². The first kappa shape index (κ1) is 24.4. The summed E-state index contributed by atoms with van der Waals surface area (Å²) >= 11 is 0. The molecule has 5 rings (SSSR count). The van der Waals surface area contributed by atoms with E-state index in [9.17, 15) is 18.4 Å². The van der Waals surface area contributed by atoms with Gasteiger partial charge in [0.05, 0.1) is 7.11 Å². The number of aromatic nitrogens is 1. The number of carbonyl (C=O) groups is 2. The van der Waals surface area contributed by atoms with Crippen molar-refractivity contribution in [1.29, 1.82) is 0 Å². The van der Waals surface area contributed by atoms with Gasteiger partial charge in [-0.3, -0.25) is 9.59 Å². The highest BCUT2D eigenvalue weighted by Gasteiger charge is 2.32. The molecule has 2 aliphatic rings. The quantitative estimate of drug-likeness (QED) is 0.466. The Kier molecular flexibility index (Phi) is 7.05. The molecule has 1 atom stereocenters. The van der Waals surface area contributed by atoms with Gasteiger partial charge in [0.1, 0.15) is 11.5 Å². The van der Waals surface area contributed by atoms with Crippen LogP contribution >= 0.6 is 0 Å². The van der Waals surface area contributed by atoms with E-state index in [2.05, 4.69) is 9.88 Å². The topological polar surface area (TPSA) is 65.6 Å². The molecule has 36 heavy (non-hydrogen) atoms. The maximum absolute atomic E-state index is 14.1. The third kappa shape index (κ3) is 4.87. The zero-order valence-corrected chi connectivity index (χ0v) is 20.4. The van der Waals surface area contributed by atoms with Crippen molar-refractivity contribution in [2.24, 2.45) is 5.92 Å². The molecule has 1 aromatic heterocycles. The third-order valence-corrected chi connectivity index (χ3v) is 7.64. The van der Waals surface area contributed by atoms with E-state index in [-0.39, 0.29) is 35.2 Å². The Balaban J connectivity index is 1.16. The predicted octanol–water partition coefficient (Wildman–Crippen LogP) is 5.04. The number of Topliss-reactive ketones (excluding diaryl/α,β-unsaturated/α-hetero) is 1. The number of piperidine rings is 1. The number of ether oxygens (including phenoxy) is 1. The van der Waals surface area contributed by atoms with Crippen LogP contribution in [0.1, 0.15) is 53.0 Å². The van der Waals surface area contributed by atoms with Crippen molar-refractivity contribution < 1.29 is 23.1 Å². The Bertz CT molecular complexity index is 1250. The number of H-pyrrole nitrogens is 1. The Morgan fingerprint density at radius 3 is 2.50 bits per heavy atom. The van der Waals surface area contributed by atoms with Crippen LogP contribution in [0, 0.1) is 17.6 Å². The van der Waals surface area contributed by atoms with Crippen LogP contribution in [0.3, 0.4) is 0 Å². The van der Waals surface area contributed by atoms with Gasteiger partial charge in [-0.15, -0.1) is 0 Å². The molecule has 8 heteroatoms. The molecule has 0 aliphatic carbocycles. The number of ketones is 1. The number of halogens is 2. The van der Waals surface area contributed by atoms with Crippen LogP contribution in [0.15, 0.2) is 42.5 Å². The lowest BCUT2D eigenvalue weighted by molar-refractivity contribution is 0.0700. The van der Waals surface area contributed by atoms with Crippen LogP contribution in [0.4, 0.5) is 8.78 Å². The van der Waals surface area contributed by atoms with Crippen LogP contribution in [0.5, 0.6) is 5.75 Å². The summed E-state index contributed by atoms with van der Waals surface area (Å²) in [6.45, 7) is 3.26. The molecule has 0 radical (unpaired) electrons. The van der Waals surface area contributed by atoms with Crippen molar-refractivity contribution in [1.82, 2.24) is 14.8 Å². The summed E-state index contributed by atoms with van der Waals surface area (Å²) in [5.41, 5.74) is 1.69. The number of hydrogen-bond acceptors (Lipinski definition) is 4. The van der Waals surface area contributed by atoms with Crippen LogP contribution in [-0.4, -0.2) is 65.8 Å². The molecule has 2 aromatic carbocycles. The molecule has 0 saturated carbocycles. The zero-order valence-electron chi connectivity index (χ0n) is 20.4. The second-order valence-electron chi connectivity index (χ2n) is 9.80. The smallest absolute Gasteiger partial charge is 0.270 e. The molecule has 1 N–H and O–H groups in total. The molecule has 0 bridgehead atoms. The zero-order chi connectivity index (χ0) is 25.2. The molecule has 3 aromatic rings. The number of likely N-dealkylation sites (tertiary alicyclic amines) is 2. The fraction of sp³-hybridized carbons (Fsp3) is 0.429. The van der Waals surface area contributed by atoms with Crippen molar-refractivity contribution in [2.75, 3.05) is 33.3 Å². The number of benzene rings is 2. The van der Waals surface area contributed by atoms with Gasteiger partial charge in [0, 0.05) is 41.5 Å². The lowest BCUT2D eigenvalue weighted by atomic mass is 9.88. The van der Waals surface area contributed by atoms with Crippen molar-refractivity contribution in [3.8, 4) is 5.75 Å². The number of nitrogens with one attached hydrogen (secondary N) is 1. The molecular formula is C28H31F2N3O3. The van der Waals surface area contributed by atoms with Crippen molar-refractivity contribution in [2.45, 2.75) is 38.1 Å². The molecule has 1 unspecified atom stereocenters. The first-order valence-corrected chi connectivity index (χ1v) is 12.6. The summed E-state index contributed by atoms with van der Waals surface area (Å²) in [5.74, 6) is -0.650. The number of hydrogen-bond donors (Lipinski definition) is 1. The largest absolute Gasteiger partial charge is 0.493 e. The van der Waals surface area contributed by atoms with E-state index >= 15 is 0 Å². The molecule has 3 heterocycles. The number of carbonyl (C=O) groups excluding carboxylic acids is 2. The van der Waals surface area contributed by atoms with Crippen LogP contribution < -0.4 is 4.74 Å². The summed E-state index contributed by atoms with van der Waals surface area (Å²) in [7, 11) is 1.42. The van der Waals surface area contributed by atoms with Gasteiger partial charge in [-0.05, 0) is 87.7 Å². The monoisotopic (exact) mass is 495 g/mol. The minimum atomic E-state index is -0.454. The molecule has 2 saturated heterocycles. The Labute approximate surface area is 209 Å². The standard InChI is InChI=1S/C28H31F2N3O3/c1-36-27-22-17-25(31-24(22)9-8-23(27)30)28(35)33-13-2-3-21(33)12-16-32-14-10-19(11-15-32)26(34)18-4-6-20(29)7-5-18/h4-9,17,19,21,31H,2-3,10-16H2,1H3. The van der Waals surface area contributed by atoms with Crippen LogP contribution in [0.25, 0.3) is 10.9 Å². The number of amides is 1. The van der Waals surface area contributed by atoms with Gasteiger partial charge in [-0.25, -0.2) is 8.78 Å². The van der Waals surface area contributed by atoms with Gasteiger partial charge in [0.15, 0.2) is 17.3 Å². The van der Waals surface area contributed by atoms with Gasteiger partial charge in [-0.1, -0.05) is 0 Å². The summed E-state index contributed by atoms with van der Waals surface area (Å²) < 4.78 is 32.4. The first-order chi connectivity index (χ1) is 17.4. The van der Waals surface area contributed by atoms with Crippen LogP contribution in [-0.2, 0) is 0 Å². The minimum absolute atomic E-state index is 0.0277. The van der Waals surface area contributed by atoms with Gasteiger partial charge in [0.25, 0.3) is 5.91 Å². The third-order valence-electron chi connectivity index (χ3n) is 7.64. The summed E-state index contributed by atoms with van der Waals surface area (Å²) in [5, 5.41) is 0.564. The molecular weight excluding hydrogens is 464 g/mol. The molecule has 1 amide bonds. The fourth-order valence-electron chi connectivity index (χ4n) is 5.63. The molecule has 0 spiro atoms. The maximum atomic E-state index is 14.1. The maximum Gasteiger partial charge on any atom is 0.270 e. The minimum Gasteiger partial charge on any atom is -0.493 e. The predicted molar refractivity (Wildman–Crippen MR) is 133 cm³/mol. The number of nitrogens with zero attached hydrogens (tertiary/aromatic N) is 2. The van der Waals surface area contributed by atoms with E-state index < -0.39 is 5.82 Å². The van der Waals surface area contributed by atoms with Crippen molar-refractivity contribution >= 4 is 22.6 Å². The number of fused-ring (bicyclic) bond motifs is 1. The average Bonchev–Trinajstić information content (AvgIpc) is 3.55. The molecule has 2 aliphatic heterocycles. The number of rotatable bonds is 7. The molecule has 2 fully saturated rings.